The summed E-state index contributed by atoms with van der Waals surface area (Å²) < 4.78 is 5.64. The van der Waals surface area contributed by atoms with Crippen molar-refractivity contribution in [3.05, 3.63) is 22.5 Å². The smallest absolute Gasteiger partial charge is 0.172 e. The maximum Gasteiger partial charge on any atom is 0.172 e. The molecule has 142 valence electrons. The number of ketones is 1. The van der Waals surface area contributed by atoms with Gasteiger partial charge in [-0.3, -0.25) is 9.79 Å². The molecule has 0 aromatic rings. The minimum atomic E-state index is -0.200. The first-order chi connectivity index (χ1) is 12.3. The molecule has 5 heteroatoms. The first kappa shape index (κ1) is 20.4. The maximum atomic E-state index is 12.2. The molecule has 1 unspecified atom stereocenters. The number of nitrogens with zero attached hydrogens (tertiary/aromatic N) is 3. The summed E-state index contributed by atoms with van der Waals surface area (Å²) in [6.07, 6.45) is 3.55. The fraction of sp³-hybridized carbons (Fsp3) is 0.667. The normalized spacial score (nSPS) is 24.0. The van der Waals surface area contributed by atoms with Crippen molar-refractivity contribution < 1.29 is 9.53 Å². The summed E-state index contributed by atoms with van der Waals surface area (Å²) in [5.41, 5.74) is 3.91. The van der Waals surface area contributed by atoms with E-state index in [4.69, 9.17) is 9.73 Å². The maximum absolute atomic E-state index is 12.2. The molecule has 26 heavy (non-hydrogen) atoms. The highest BCUT2D eigenvalue weighted by atomic mass is 16.5. The van der Waals surface area contributed by atoms with Crippen molar-refractivity contribution in [2.24, 2.45) is 10.9 Å². The molecule has 2 rings (SSSR count). The summed E-state index contributed by atoms with van der Waals surface area (Å²) in [4.78, 5) is 19.3. The minimum Gasteiger partial charge on any atom is -0.378 e. The van der Waals surface area contributed by atoms with E-state index in [0.29, 0.717) is 11.6 Å². The molecule has 0 aromatic heterocycles. The van der Waals surface area contributed by atoms with Crippen LogP contribution in [-0.4, -0.2) is 42.2 Å². The Morgan fingerprint density at radius 1 is 1.42 bits per heavy atom. The lowest BCUT2D eigenvalue weighted by molar-refractivity contribution is -0.113. The number of nitriles is 1. The van der Waals surface area contributed by atoms with Gasteiger partial charge in [-0.1, -0.05) is 13.8 Å². The number of hydrogen-bond acceptors (Lipinski definition) is 5. The highest BCUT2D eigenvalue weighted by Crippen LogP contribution is 2.36. The van der Waals surface area contributed by atoms with Gasteiger partial charge in [0, 0.05) is 25.9 Å². The highest BCUT2D eigenvalue weighted by molar-refractivity contribution is 5.99. The Balaban J connectivity index is 2.55. The van der Waals surface area contributed by atoms with Gasteiger partial charge in [-0.15, -0.1) is 0 Å². The number of piperidine rings is 1. The molecule has 0 spiro atoms. The number of carbonyl (C=O) groups excluding carboxylic acids is 1. The molecule has 5 nitrogen and oxygen atoms in total. The third kappa shape index (κ3) is 4.07. The summed E-state index contributed by atoms with van der Waals surface area (Å²) in [6.45, 7) is 11.5. The standard InChI is InChI=1S/C21H31N3O2/c1-7-17-12-14(2)15(3)19(23-17)20(18(13-22)16(4)25)24-10-8-21(5,26-6)9-11-24/h14H,7-12H2,1-6H3/b20-18+. The molecule has 0 bridgehead atoms. The van der Waals surface area contributed by atoms with Crippen molar-refractivity contribution in [2.45, 2.75) is 65.9 Å². The second kappa shape index (κ2) is 8.18. The van der Waals surface area contributed by atoms with Crippen molar-refractivity contribution in [3.8, 4) is 6.07 Å². The quantitative estimate of drug-likeness (QED) is 0.550. The molecular formula is C21H31N3O2. The largest absolute Gasteiger partial charge is 0.378 e. The Labute approximate surface area is 157 Å². The van der Waals surface area contributed by atoms with E-state index in [-0.39, 0.29) is 17.0 Å². The number of likely N-dealkylation sites (tertiary alicyclic amines) is 1. The van der Waals surface area contributed by atoms with Crippen LogP contribution < -0.4 is 0 Å². The third-order valence-corrected chi connectivity index (χ3v) is 5.89. The SMILES string of the molecule is CCC1=NC(/C(=C(/C#N)C(C)=O)N2CCC(C)(OC)CC2)=C(C)C(C)C1. The Bertz CT molecular complexity index is 701. The zero-order valence-corrected chi connectivity index (χ0v) is 17.0. The molecule has 2 aliphatic heterocycles. The first-order valence-corrected chi connectivity index (χ1v) is 9.49. The summed E-state index contributed by atoms with van der Waals surface area (Å²) in [5, 5.41) is 9.70. The molecule has 0 saturated carbocycles. The minimum absolute atomic E-state index is 0.147. The number of rotatable bonds is 5. The number of methoxy groups -OCH3 is 1. The Morgan fingerprint density at radius 3 is 2.50 bits per heavy atom. The van der Waals surface area contributed by atoms with Gasteiger partial charge >= 0.3 is 0 Å². The van der Waals surface area contributed by atoms with E-state index in [0.717, 1.165) is 55.8 Å². The molecule has 2 aliphatic rings. The third-order valence-electron chi connectivity index (χ3n) is 5.89. The fourth-order valence-corrected chi connectivity index (χ4v) is 3.63. The monoisotopic (exact) mass is 357 g/mol. The van der Waals surface area contributed by atoms with Gasteiger partial charge < -0.3 is 9.64 Å². The highest BCUT2D eigenvalue weighted by Gasteiger charge is 2.34. The van der Waals surface area contributed by atoms with Gasteiger partial charge in [0.15, 0.2) is 5.78 Å². The van der Waals surface area contributed by atoms with E-state index in [1.54, 1.807) is 7.11 Å². The predicted molar refractivity (Wildman–Crippen MR) is 104 cm³/mol. The molecular weight excluding hydrogens is 326 g/mol. The Kier molecular flexibility index (Phi) is 6.41. The summed E-state index contributed by atoms with van der Waals surface area (Å²) in [6, 6.07) is 2.15. The van der Waals surface area contributed by atoms with Crippen LogP contribution in [0, 0.1) is 17.2 Å². The van der Waals surface area contributed by atoms with Crippen molar-refractivity contribution in [1.29, 1.82) is 5.26 Å². The van der Waals surface area contributed by atoms with Gasteiger partial charge in [-0.2, -0.15) is 5.26 Å². The van der Waals surface area contributed by atoms with E-state index in [1.165, 1.54) is 6.92 Å². The zero-order chi connectivity index (χ0) is 19.5. The van der Waals surface area contributed by atoms with Gasteiger partial charge in [-0.05, 0) is 57.9 Å². The van der Waals surface area contributed by atoms with Crippen LogP contribution in [0.4, 0.5) is 0 Å². The van der Waals surface area contributed by atoms with E-state index < -0.39 is 0 Å². The number of carbonyl (C=O) groups is 1. The van der Waals surface area contributed by atoms with Crippen LogP contribution in [-0.2, 0) is 9.53 Å². The van der Waals surface area contributed by atoms with Crippen LogP contribution in [0.2, 0.25) is 0 Å². The number of Topliss-reactive ketones (excluding diaryl/α,β-unsaturated/α-hetero) is 1. The molecule has 1 saturated heterocycles. The van der Waals surface area contributed by atoms with Crippen LogP contribution in [0.1, 0.15) is 60.3 Å². The van der Waals surface area contributed by atoms with E-state index in [1.807, 2.05) is 0 Å². The predicted octanol–water partition coefficient (Wildman–Crippen LogP) is 4.02. The second-order valence-corrected chi connectivity index (χ2v) is 7.70. The van der Waals surface area contributed by atoms with Gasteiger partial charge in [0.2, 0.25) is 0 Å². The van der Waals surface area contributed by atoms with Crippen LogP contribution in [0.15, 0.2) is 27.5 Å². The number of hydrogen-bond donors (Lipinski definition) is 0. The molecule has 0 radical (unpaired) electrons. The van der Waals surface area contributed by atoms with Gasteiger partial charge in [0.05, 0.1) is 17.0 Å². The molecule has 1 fully saturated rings. The lowest BCUT2D eigenvalue weighted by atomic mass is 9.87. The molecule has 0 aromatic carbocycles. The van der Waals surface area contributed by atoms with Crippen molar-refractivity contribution in [2.75, 3.05) is 20.2 Å². The van der Waals surface area contributed by atoms with Crippen LogP contribution >= 0.6 is 0 Å². The molecule has 0 aliphatic carbocycles. The second-order valence-electron chi connectivity index (χ2n) is 7.70. The molecule has 0 N–H and O–H groups in total. The van der Waals surface area contributed by atoms with Gasteiger partial charge in [0.1, 0.15) is 11.6 Å². The van der Waals surface area contributed by atoms with E-state index >= 15 is 0 Å². The molecule has 2 heterocycles. The van der Waals surface area contributed by atoms with Crippen molar-refractivity contribution in [3.63, 3.8) is 0 Å². The lowest BCUT2D eigenvalue weighted by Crippen LogP contribution is -2.44. The summed E-state index contributed by atoms with van der Waals surface area (Å²) in [5.74, 6) is 0.169. The number of aliphatic imine (C=N–C) groups is 1. The van der Waals surface area contributed by atoms with E-state index in [9.17, 15) is 10.1 Å². The lowest BCUT2D eigenvalue weighted by Gasteiger charge is -2.41. The van der Waals surface area contributed by atoms with Crippen molar-refractivity contribution in [1.82, 2.24) is 4.90 Å². The first-order valence-electron chi connectivity index (χ1n) is 9.49. The fourth-order valence-electron chi connectivity index (χ4n) is 3.63. The summed E-state index contributed by atoms with van der Waals surface area (Å²) in [7, 11) is 1.75. The Morgan fingerprint density at radius 2 is 2.04 bits per heavy atom. The zero-order valence-electron chi connectivity index (χ0n) is 17.0. The average molecular weight is 357 g/mol. The average Bonchev–Trinajstić information content (AvgIpc) is 2.62. The topological polar surface area (TPSA) is 65.7 Å². The molecule has 1 atom stereocenters. The number of ether oxygens (including phenoxy) is 1. The summed E-state index contributed by atoms with van der Waals surface area (Å²) >= 11 is 0. The molecule has 0 amide bonds. The van der Waals surface area contributed by atoms with E-state index in [2.05, 4.69) is 38.7 Å². The Hall–Kier alpha value is -1.93. The van der Waals surface area contributed by atoms with Gasteiger partial charge in [0.25, 0.3) is 0 Å². The van der Waals surface area contributed by atoms with Crippen molar-refractivity contribution >= 4 is 11.5 Å². The van der Waals surface area contributed by atoms with Crippen LogP contribution in [0.25, 0.3) is 0 Å². The van der Waals surface area contributed by atoms with Gasteiger partial charge in [-0.25, -0.2) is 0 Å². The van der Waals surface area contributed by atoms with Crippen LogP contribution in [0.5, 0.6) is 0 Å². The van der Waals surface area contributed by atoms with Crippen LogP contribution in [0.3, 0.4) is 0 Å². The number of allylic oxidation sites excluding steroid dienone is 2.